The van der Waals surface area contributed by atoms with Crippen molar-refractivity contribution < 1.29 is 9.53 Å². The van der Waals surface area contributed by atoms with Gasteiger partial charge in [-0.15, -0.1) is 0 Å². The minimum absolute atomic E-state index is 0.0982. The number of carbonyl (C=O) groups is 1. The topological polar surface area (TPSA) is 52.3 Å². The number of benzene rings is 2. The molecule has 0 saturated carbocycles. The van der Waals surface area contributed by atoms with E-state index in [4.69, 9.17) is 10.5 Å². The monoisotopic (exact) mass is 255 g/mol. The molecule has 98 valence electrons. The Morgan fingerprint density at radius 1 is 1.00 bits per heavy atom. The van der Waals surface area contributed by atoms with E-state index < -0.39 is 12.0 Å². The highest BCUT2D eigenvalue weighted by Crippen LogP contribution is 2.23. The number of nitrogens with two attached hydrogens (primary N) is 1. The van der Waals surface area contributed by atoms with Crippen molar-refractivity contribution >= 4 is 5.91 Å². The Balaban J connectivity index is 2.19. The molecule has 2 atom stereocenters. The summed E-state index contributed by atoms with van der Waals surface area (Å²) in [5.74, 6) is 0.0909. The lowest BCUT2D eigenvalue weighted by Crippen LogP contribution is -2.38. The maximum atomic E-state index is 11.6. The van der Waals surface area contributed by atoms with E-state index >= 15 is 0 Å². The van der Waals surface area contributed by atoms with Gasteiger partial charge in [-0.25, -0.2) is 0 Å². The van der Waals surface area contributed by atoms with Crippen LogP contribution in [0.5, 0.6) is 5.75 Å². The van der Waals surface area contributed by atoms with E-state index in [1.165, 1.54) is 0 Å². The van der Waals surface area contributed by atoms with E-state index in [1.54, 1.807) is 0 Å². The van der Waals surface area contributed by atoms with Crippen molar-refractivity contribution in [2.45, 2.75) is 18.9 Å². The van der Waals surface area contributed by atoms with Gasteiger partial charge in [0.15, 0.2) is 6.10 Å². The predicted molar refractivity (Wildman–Crippen MR) is 74.9 cm³/mol. The molecule has 0 heterocycles. The number of primary amides is 1. The van der Waals surface area contributed by atoms with Gasteiger partial charge in [-0.2, -0.15) is 0 Å². The van der Waals surface area contributed by atoms with Crippen LogP contribution in [-0.4, -0.2) is 12.0 Å². The Labute approximate surface area is 113 Å². The number of rotatable bonds is 5. The fourth-order valence-electron chi connectivity index (χ4n) is 1.98. The third-order valence-corrected chi connectivity index (χ3v) is 3.07. The van der Waals surface area contributed by atoms with Crippen LogP contribution in [0.1, 0.15) is 18.4 Å². The average molecular weight is 255 g/mol. The molecule has 3 heteroatoms. The van der Waals surface area contributed by atoms with Gasteiger partial charge in [-0.3, -0.25) is 4.79 Å². The highest BCUT2D eigenvalue weighted by molar-refractivity contribution is 5.80. The molecular weight excluding hydrogens is 238 g/mol. The van der Waals surface area contributed by atoms with Crippen molar-refractivity contribution in [3.8, 4) is 5.75 Å². The highest BCUT2D eigenvalue weighted by atomic mass is 16.5. The molecule has 19 heavy (non-hydrogen) atoms. The van der Waals surface area contributed by atoms with E-state index in [-0.39, 0.29) is 5.92 Å². The first-order valence-corrected chi connectivity index (χ1v) is 6.24. The summed E-state index contributed by atoms with van der Waals surface area (Å²) in [5, 5.41) is 0. The van der Waals surface area contributed by atoms with Gasteiger partial charge in [0.2, 0.25) is 0 Å². The largest absolute Gasteiger partial charge is 0.480 e. The SMILES string of the molecule is CC(c1ccccc1)C(Oc1ccccc1)C(N)=O. The van der Waals surface area contributed by atoms with Crippen LogP contribution < -0.4 is 10.5 Å². The maximum Gasteiger partial charge on any atom is 0.259 e. The molecule has 0 bridgehead atoms. The van der Waals surface area contributed by atoms with Gasteiger partial charge in [0, 0.05) is 5.92 Å². The molecule has 3 nitrogen and oxygen atoms in total. The molecule has 0 saturated heterocycles. The summed E-state index contributed by atoms with van der Waals surface area (Å²) in [6.45, 7) is 1.94. The molecule has 2 N–H and O–H groups in total. The van der Waals surface area contributed by atoms with E-state index in [0.29, 0.717) is 5.75 Å². The number of carbonyl (C=O) groups excluding carboxylic acids is 1. The van der Waals surface area contributed by atoms with Gasteiger partial charge in [-0.05, 0) is 17.7 Å². The second-order valence-corrected chi connectivity index (χ2v) is 4.45. The summed E-state index contributed by atoms with van der Waals surface area (Å²) in [6.07, 6.45) is -0.676. The summed E-state index contributed by atoms with van der Waals surface area (Å²) >= 11 is 0. The Morgan fingerprint density at radius 2 is 1.53 bits per heavy atom. The highest BCUT2D eigenvalue weighted by Gasteiger charge is 2.26. The maximum absolute atomic E-state index is 11.6. The van der Waals surface area contributed by atoms with Crippen LogP contribution in [0.2, 0.25) is 0 Å². The normalized spacial score (nSPS) is 13.5. The summed E-state index contributed by atoms with van der Waals surface area (Å²) < 4.78 is 5.72. The molecule has 0 aliphatic carbocycles. The van der Waals surface area contributed by atoms with Crippen LogP contribution in [0.4, 0.5) is 0 Å². The molecule has 0 spiro atoms. The number of amides is 1. The van der Waals surface area contributed by atoms with Crippen molar-refractivity contribution in [2.75, 3.05) is 0 Å². The third-order valence-electron chi connectivity index (χ3n) is 3.07. The van der Waals surface area contributed by atoms with Gasteiger partial charge >= 0.3 is 0 Å². The Morgan fingerprint density at radius 3 is 2.05 bits per heavy atom. The lowest BCUT2D eigenvalue weighted by Gasteiger charge is -2.22. The van der Waals surface area contributed by atoms with Gasteiger partial charge in [0.1, 0.15) is 5.75 Å². The van der Waals surface area contributed by atoms with Crippen LogP contribution in [0, 0.1) is 0 Å². The first kappa shape index (κ1) is 13.1. The molecule has 2 rings (SSSR count). The number of para-hydroxylation sites is 1. The smallest absolute Gasteiger partial charge is 0.259 e. The van der Waals surface area contributed by atoms with Crippen LogP contribution in [0.3, 0.4) is 0 Å². The minimum atomic E-state index is -0.676. The van der Waals surface area contributed by atoms with Crippen LogP contribution in [0.25, 0.3) is 0 Å². The molecule has 2 aromatic carbocycles. The second kappa shape index (κ2) is 6.05. The van der Waals surface area contributed by atoms with Crippen LogP contribution in [-0.2, 0) is 4.79 Å². The summed E-state index contributed by atoms with van der Waals surface area (Å²) in [6, 6.07) is 19.0. The van der Waals surface area contributed by atoms with Crippen molar-refractivity contribution in [3.05, 3.63) is 66.2 Å². The number of ether oxygens (including phenoxy) is 1. The lowest BCUT2D eigenvalue weighted by atomic mass is 9.95. The lowest BCUT2D eigenvalue weighted by molar-refractivity contribution is -0.125. The fraction of sp³-hybridized carbons (Fsp3) is 0.188. The molecular formula is C16H17NO2. The molecule has 2 unspecified atom stereocenters. The van der Waals surface area contributed by atoms with Gasteiger partial charge in [-0.1, -0.05) is 55.5 Å². The van der Waals surface area contributed by atoms with Gasteiger partial charge in [0.05, 0.1) is 0 Å². The fourth-order valence-corrected chi connectivity index (χ4v) is 1.98. The quantitative estimate of drug-likeness (QED) is 0.893. The minimum Gasteiger partial charge on any atom is -0.480 e. The van der Waals surface area contributed by atoms with Crippen molar-refractivity contribution in [1.29, 1.82) is 0 Å². The summed E-state index contributed by atoms with van der Waals surface area (Å²) in [4.78, 5) is 11.6. The van der Waals surface area contributed by atoms with E-state index in [1.807, 2.05) is 67.6 Å². The van der Waals surface area contributed by atoms with Crippen LogP contribution >= 0.6 is 0 Å². The Bertz CT molecular complexity index is 525. The van der Waals surface area contributed by atoms with Gasteiger partial charge < -0.3 is 10.5 Å². The standard InChI is InChI=1S/C16H17NO2/c1-12(13-8-4-2-5-9-13)15(16(17)18)19-14-10-6-3-7-11-14/h2-12,15H,1H3,(H2,17,18). The number of hydrogen-bond donors (Lipinski definition) is 1. The second-order valence-electron chi connectivity index (χ2n) is 4.45. The average Bonchev–Trinajstić information content (AvgIpc) is 2.46. The Hall–Kier alpha value is -2.29. The molecule has 0 fully saturated rings. The zero-order chi connectivity index (χ0) is 13.7. The molecule has 0 aliphatic rings. The molecule has 2 aromatic rings. The first-order valence-electron chi connectivity index (χ1n) is 6.24. The summed E-state index contributed by atoms with van der Waals surface area (Å²) in [7, 11) is 0. The molecule has 0 radical (unpaired) electrons. The number of hydrogen-bond acceptors (Lipinski definition) is 2. The zero-order valence-corrected chi connectivity index (χ0v) is 10.8. The van der Waals surface area contributed by atoms with E-state index in [0.717, 1.165) is 5.56 Å². The van der Waals surface area contributed by atoms with Crippen molar-refractivity contribution in [3.63, 3.8) is 0 Å². The zero-order valence-electron chi connectivity index (χ0n) is 10.8. The Kier molecular flexibility index (Phi) is 4.18. The van der Waals surface area contributed by atoms with E-state index in [2.05, 4.69) is 0 Å². The van der Waals surface area contributed by atoms with Crippen molar-refractivity contribution in [2.24, 2.45) is 5.73 Å². The third kappa shape index (κ3) is 3.35. The van der Waals surface area contributed by atoms with Crippen LogP contribution in [0.15, 0.2) is 60.7 Å². The molecule has 0 aromatic heterocycles. The molecule has 1 amide bonds. The molecule has 0 aliphatic heterocycles. The summed E-state index contributed by atoms with van der Waals surface area (Å²) in [5.41, 5.74) is 6.49. The van der Waals surface area contributed by atoms with E-state index in [9.17, 15) is 4.79 Å². The van der Waals surface area contributed by atoms with Crippen molar-refractivity contribution in [1.82, 2.24) is 0 Å². The predicted octanol–water partition coefficient (Wildman–Crippen LogP) is 2.72. The first-order chi connectivity index (χ1) is 9.18. The van der Waals surface area contributed by atoms with Gasteiger partial charge in [0.25, 0.3) is 5.91 Å².